The van der Waals surface area contributed by atoms with E-state index in [2.05, 4.69) is 5.32 Å². The van der Waals surface area contributed by atoms with Crippen LogP contribution in [0.1, 0.15) is 51.8 Å². The first-order valence-corrected chi connectivity index (χ1v) is 12.2. The number of piperidine rings is 1. The summed E-state index contributed by atoms with van der Waals surface area (Å²) in [6.07, 6.45) is 0.413. The third-order valence-electron chi connectivity index (χ3n) is 7.04. The Bertz CT molecular complexity index is 1320. The normalized spacial score (nSPS) is 21.2. The number of hydrogen-bond acceptors (Lipinski definition) is 6. The number of amides is 4. The Morgan fingerprint density at radius 3 is 2.50 bits per heavy atom. The van der Waals surface area contributed by atoms with Crippen LogP contribution in [-0.4, -0.2) is 90.6 Å². The van der Waals surface area contributed by atoms with Crippen molar-refractivity contribution in [2.24, 2.45) is 0 Å². The van der Waals surface area contributed by atoms with Gasteiger partial charge in [-0.25, -0.2) is 0 Å². The number of benzene rings is 2. The molecule has 2 fully saturated rings. The highest BCUT2D eigenvalue weighted by molar-refractivity contribution is 6.41. The Kier molecular flexibility index (Phi) is 7.13. The molecule has 8 radical (unpaired) electrons. The van der Waals surface area contributed by atoms with Crippen LogP contribution in [-0.2, 0) is 25.7 Å². The SMILES string of the molecule is [B]c1cc(C([B])Oc2cccc3c2CN(C2CCC(=O)NC2=O)C3=O)cc([B])c1C([B])N1CCOCC1=O. The minimum Gasteiger partial charge on any atom is -0.496 e. The van der Waals surface area contributed by atoms with Crippen LogP contribution in [0.4, 0.5) is 0 Å². The quantitative estimate of drug-likeness (QED) is 0.373. The van der Waals surface area contributed by atoms with Gasteiger partial charge in [-0.05, 0) is 29.7 Å². The zero-order valence-electron chi connectivity index (χ0n) is 20.5. The monoisotopic (exact) mass is 503 g/mol. The Balaban J connectivity index is 1.35. The van der Waals surface area contributed by atoms with Crippen LogP contribution in [0.5, 0.6) is 5.75 Å². The van der Waals surface area contributed by atoms with Gasteiger partial charge in [0.05, 0.1) is 19.2 Å². The van der Waals surface area contributed by atoms with Crippen LogP contribution in [0.25, 0.3) is 0 Å². The number of imide groups is 1. The van der Waals surface area contributed by atoms with Gasteiger partial charge in [0.2, 0.25) is 17.7 Å². The standard InChI is InChI=1S/C25H21B4N3O6/c26-15-8-12(9-16(27)21(15)22(28)31-6-7-37-11-20(31)34)23(29)38-18-3-1-2-13-14(18)10-32(25(13)36)17-4-5-19(33)30-24(17)35/h1-3,8-9,17,22-23H,4-7,10-11H2,(H,30,33,35). The second-order valence-corrected chi connectivity index (χ2v) is 9.42. The summed E-state index contributed by atoms with van der Waals surface area (Å²) >= 11 is 0. The first-order chi connectivity index (χ1) is 18.2. The predicted octanol–water partition coefficient (Wildman–Crippen LogP) is -1.69. The number of ether oxygens (including phenoxy) is 2. The molecule has 13 heteroatoms. The molecule has 38 heavy (non-hydrogen) atoms. The zero-order chi connectivity index (χ0) is 27.1. The van der Waals surface area contributed by atoms with E-state index in [1.807, 2.05) is 0 Å². The Labute approximate surface area is 225 Å². The maximum absolute atomic E-state index is 13.1. The fraction of sp³-hybridized carbons (Fsp3) is 0.360. The van der Waals surface area contributed by atoms with E-state index in [1.165, 1.54) is 9.80 Å². The van der Waals surface area contributed by atoms with Crippen molar-refractivity contribution in [2.75, 3.05) is 19.8 Å². The van der Waals surface area contributed by atoms with Crippen LogP contribution in [0.15, 0.2) is 30.3 Å². The third kappa shape index (κ3) is 4.75. The molecule has 5 rings (SSSR count). The number of carbonyl (C=O) groups excluding carboxylic acids is 4. The van der Waals surface area contributed by atoms with Gasteiger partial charge in [0.15, 0.2) is 0 Å². The Hall–Kier alpha value is -3.46. The van der Waals surface area contributed by atoms with Gasteiger partial charge in [-0.1, -0.05) is 29.1 Å². The molecule has 2 aromatic carbocycles. The summed E-state index contributed by atoms with van der Waals surface area (Å²) < 4.78 is 11.2. The maximum Gasteiger partial charge on any atom is 0.255 e. The van der Waals surface area contributed by atoms with E-state index in [0.717, 1.165) is 0 Å². The lowest BCUT2D eigenvalue weighted by Gasteiger charge is -2.35. The summed E-state index contributed by atoms with van der Waals surface area (Å²) in [6.45, 7) is 0.752. The zero-order valence-corrected chi connectivity index (χ0v) is 20.5. The van der Waals surface area contributed by atoms with Gasteiger partial charge in [-0.2, -0.15) is 0 Å². The number of nitrogens with one attached hydrogen (secondary N) is 1. The molecule has 3 atom stereocenters. The topological polar surface area (TPSA) is 105 Å². The van der Waals surface area contributed by atoms with E-state index in [0.29, 0.717) is 41.2 Å². The lowest BCUT2D eigenvalue weighted by atomic mass is 9.70. The van der Waals surface area contributed by atoms with E-state index < -0.39 is 23.9 Å². The van der Waals surface area contributed by atoms with Crippen molar-refractivity contribution in [2.45, 2.75) is 37.4 Å². The summed E-state index contributed by atoms with van der Waals surface area (Å²) in [5.74, 6) is -1.91. The van der Waals surface area contributed by atoms with Crippen molar-refractivity contribution in [3.63, 3.8) is 0 Å². The van der Waals surface area contributed by atoms with Crippen LogP contribution in [0, 0.1) is 0 Å². The van der Waals surface area contributed by atoms with Gasteiger partial charge < -0.3 is 19.3 Å². The molecule has 184 valence electrons. The van der Waals surface area contributed by atoms with Crippen LogP contribution < -0.4 is 21.0 Å². The third-order valence-corrected chi connectivity index (χ3v) is 7.04. The van der Waals surface area contributed by atoms with E-state index in [-0.39, 0.29) is 54.6 Å². The average Bonchev–Trinajstić information content (AvgIpc) is 3.21. The van der Waals surface area contributed by atoms with Gasteiger partial charge in [0, 0.05) is 30.0 Å². The molecule has 0 spiro atoms. The number of rotatable bonds is 6. The molecule has 0 saturated carbocycles. The van der Waals surface area contributed by atoms with Crippen molar-refractivity contribution in [3.05, 3.63) is 52.6 Å². The van der Waals surface area contributed by atoms with Gasteiger partial charge in [0.1, 0.15) is 49.8 Å². The molecule has 3 heterocycles. The molecule has 4 amide bonds. The Morgan fingerprint density at radius 2 is 1.82 bits per heavy atom. The largest absolute Gasteiger partial charge is 0.496 e. The molecular formula is C25H21B4N3O6. The van der Waals surface area contributed by atoms with Gasteiger partial charge in [-0.3, -0.25) is 24.5 Å². The number of fused-ring (bicyclic) bond motifs is 1. The van der Waals surface area contributed by atoms with Gasteiger partial charge >= 0.3 is 0 Å². The summed E-state index contributed by atoms with van der Waals surface area (Å²) in [5, 5.41) is 2.28. The molecule has 0 bridgehead atoms. The second kappa shape index (κ2) is 10.4. The van der Waals surface area contributed by atoms with Crippen molar-refractivity contribution in [3.8, 4) is 5.75 Å². The molecular weight excluding hydrogens is 482 g/mol. The molecule has 3 unspecified atom stereocenters. The van der Waals surface area contributed by atoms with Gasteiger partial charge in [0.25, 0.3) is 5.91 Å². The van der Waals surface area contributed by atoms with E-state index in [9.17, 15) is 19.2 Å². The first kappa shape index (κ1) is 26.2. The first-order valence-electron chi connectivity index (χ1n) is 12.2. The highest BCUT2D eigenvalue weighted by Crippen LogP contribution is 2.35. The molecule has 9 nitrogen and oxygen atoms in total. The highest BCUT2D eigenvalue weighted by Gasteiger charge is 2.40. The molecule has 3 aliphatic heterocycles. The summed E-state index contributed by atoms with van der Waals surface area (Å²) in [7, 11) is 25.2. The lowest BCUT2D eigenvalue weighted by molar-refractivity contribution is -0.143. The molecule has 0 aromatic heterocycles. The minimum absolute atomic E-state index is 0.0603. The summed E-state index contributed by atoms with van der Waals surface area (Å²) in [6, 6.07) is 6.43. The maximum atomic E-state index is 13.1. The molecule has 1 N–H and O–H groups in total. The summed E-state index contributed by atoms with van der Waals surface area (Å²) in [4.78, 5) is 52.1. The van der Waals surface area contributed by atoms with Gasteiger partial charge in [-0.15, -0.1) is 0 Å². The van der Waals surface area contributed by atoms with Crippen molar-refractivity contribution >= 4 is 65.9 Å². The predicted molar refractivity (Wildman–Crippen MR) is 140 cm³/mol. The highest BCUT2D eigenvalue weighted by atomic mass is 16.5. The van der Waals surface area contributed by atoms with E-state index in [1.54, 1.807) is 30.3 Å². The van der Waals surface area contributed by atoms with E-state index >= 15 is 0 Å². The van der Waals surface area contributed by atoms with Crippen molar-refractivity contribution in [1.82, 2.24) is 15.1 Å². The van der Waals surface area contributed by atoms with Crippen molar-refractivity contribution in [1.29, 1.82) is 0 Å². The average molecular weight is 503 g/mol. The van der Waals surface area contributed by atoms with Crippen LogP contribution >= 0.6 is 0 Å². The second-order valence-electron chi connectivity index (χ2n) is 9.42. The summed E-state index contributed by atoms with van der Waals surface area (Å²) in [5.41, 5.74) is 2.36. The molecule has 2 saturated heterocycles. The van der Waals surface area contributed by atoms with Crippen LogP contribution in [0.2, 0.25) is 0 Å². The van der Waals surface area contributed by atoms with E-state index in [4.69, 9.17) is 40.9 Å². The van der Waals surface area contributed by atoms with Crippen LogP contribution in [0.3, 0.4) is 0 Å². The number of carbonyl (C=O) groups is 4. The molecule has 0 aliphatic carbocycles. The fourth-order valence-electron chi connectivity index (χ4n) is 5.08. The number of hydrogen-bond donors (Lipinski definition) is 1. The lowest BCUT2D eigenvalue weighted by Crippen LogP contribution is -2.52. The number of morpholine rings is 1. The fourth-order valence-corrected chi connectivity index (χ4v) is 5.08. The minimum atomic E-state index is -0.999. The molecule has 2 aromatic rings. The smallest absolute Gasteiger partial charge is 0.255 e. The number of nitrogens with zero attached hydrogens (tertiary/aromatic N) is 2. The Morgan fingerprint density at radius 1 is 1.08 bits per heavy atom. The van der Waals surface area contributed by atoms with Crippen molar-refractivity contribution < 1.29 is 28.7 Å². The molecule has 3 aliphatic rings.